The van der Waals surface area contributed by atoms with Gasteiger partial charge >= 0.3 is 6.18 Å². The molecule has 0 atom stereocenters. The molecule has 2 rings (SSSR count). The minimum atomic E-state index is -4.31. The fraction of sp³-hybridized carbons (Fsp3) is 0.500. The van der Waals surface area contributed by atoms with Gasteiger partial charge in [0.05, 0.1) is 12.2 Å². The normalized spacial score (nSPS) is 16.7. The molecule has 0 amide bonds. The summed E-state index contributed by atoms with van der Waals surface area (Å²) >= 11 is 1.87. The Hall–Kier alpha value is -0.460. The lowest BCUT2D eigenvalue weighted by Gasteiger charge is -2.25. The van der Waals surface area contributed by atoms with Gasteiger partial charge in [-0.25, -0.2) is 0 Å². The van der Waals surface area contributed by atoms with E-state index in [9.17, 15) is 13.2 Å². The Morgan fingerprint density at radius 2 is 1.94 bits per heavy atom. The summed E-state index contributed by atoms with van der Waals surface area (Å²) in [6, 6.07) is 3.83. The van der Waals surface area contributed by atoms with Crippen molar-refractivity contribution in [2.24, 2.45) is 5.92 Å². The summed E-state index contributed by atoms with van der Waals surface area (Å²) in [6.45, 7) is 0.525. The Morgan fingerprint density at radius 3 is 2.47 bits per heavy atom. The number of benzene rings is 1. The predicted molar refractivity (Wildman–Crippen MR) is 67.0 cm³/mol. The number of hydrogen-bond donors (Lipinski definition) is 0. The Balaban J connectivity index is 2.08. The third kappa shape index (κ3) is 3.50. The number of rotatable bonds is 3. The van der Waals surface area contributed by atoms with Crippen LogP contribution in [0.25, 0.3) is 0 Å². The first-order valence-corrected chi connectivity index (χ1v) is 6.53. The van der Waals surface area contributed by atoms with Gasteiger partial charge in [-0.15, -0.1) is 0 Å². The van der Waals surface area contributed by atoms with E-state index in [0.717, 1.165) is 25.0 Å². The summed E-state index contributed by atoms with van der Waals surface area (Å²) in [5.74, 6) is 0.832. The van der Waals surface area contributed by atoms with E-state index < -0.39 is 11.7 Å². The van der Waals surface area contributed by atoms with Crippen molar-refractivity contribution in [1.82, 2.24) is 0 Å². The number of hydrogen-bond acceptors (Lipinski definition) is 1. The van der Waals surface area contributed by atoms with Crippen molar-refractivity contribution < 1.29 is 17.9 Å². The number of ether oxygens (including phenoxy) is 1. The molecule has 17 heavy (non-hydrogen) atoms. The number of halogens is 4. The second-order valence-electron chi connectivity index (χ2n) is 4.28. The Kier molecular flexibility index (Phi) is 3.85. The maximum Gasteiger partial charge on any atom is 0.416 e. The molecule has 0 aromatic heterocycles. The molecule has 0 spiro atoms. The topological polar surface area (TPSA) is 9.23 Å². The van der Waals surface area contributed by atoms with Gasteiger partial charge in [-0.2, -0.15) is 13.2 Å². The van der Waals surface area contributed by atoms with E-state index in [-0.39, 0.29) is 0 Å². The second kappa shape index (κ2) is 5.04. The zero-order chi connectivity index (χ0) is 12.5. The monoisotopic (exact) mass is 356 g/mol. The quantitative estimate of drug-likeness (QED) is 0.726. The van der Waals surface area contributed by atoms with Crippen LogP contribution in [0.1, 0.15) is 24.8 Å². The van der Waals surface area contributed by atoms with Crippen LogP contribution in [-0.4, -0.2) is 6.61 Å². The predicted octanol–water partition coefficient (Wildman–Crippen LogP) is 4.49. The average molecular weight is 356 g/mol. The van der Waals surface area contributed by atoms with Crippen LogP contribution >= 0.6 is 22.6 Å². The highest BCUT2D eigenvalue weighted by Gasteiger charge is 2.31. The van der Waals surface area contributed by atoms with Gasteiger partial charge in [-0.05, 0) is 59.5 Å². The molecule has 0 saturated heterocycles. The van der Waals surface area contributed by atoms with Crippen LogP contribution in [0, 0.1) is 9.49 Å². The molecule has 0 radical (unpaired) electrons. The molecule has 0 N–H and O–H groups in total. The summed E-state index contributed by atoms with van der Waals surface area (Å²) in [6.07, 6.45) is -0.865. The molecule has 0 unspecified atom stereocenters. The summed E-state index contributed by atoms with van der Waals surface area (Å²) in [5.41, 5.74) is -0.645. The van der Waals surface area contributed by atoms with Gasteiger partial charge in [0.2, 0.25) is 0 Å². The molecule has 0 bridgehead atoms. The highest BCUT2D eigenvalue weighted by Crippen LogP contribution is 2.34. The van der Waals surface area contributed by atoms with E-state index in [1.807, 2.05) is 22.6 Å². The SMILES string of the molecule is FC(F)(F)c1cc(I)cc(OCC2CCC2)c1. The maximum atomic E-state index is 12.6. The zero-order valence-electron chi connectivity index (χ0n) is 9.06. The number of alkyl halides is 3. The lowest BCUT2D eigenvalue weighted by molar-refractivity contribution is -0.137. The molecule has 1 nitrogen and oxygen atoms in total. The molecule has 1 aliphatic carbocycles. The molecule has 1 saturated carbocycles. The average Bonchev–Trinajstić information content (AvgIpc) is 2.13. The van der Waals surface area contributed by atoms with Gasteiger partial charge in [-0.1, -0.05) is 6.42 Å². The van der Waals surface area contributed by atoms with Gasteiger partial charge in [0.25, 0.3) is 0 Å². The summed E-state index contributed by atoms with van der Waals surface area (Å²) < 4.78 is 43.7. The van der Waals surface area contributed by atoms with Crippen LogP contribution < -0.4 is 4.74 Å². The van der Waals surface area contributed by atoms with Crippen molar-refractivity contribution in [2.75, 3.05) is 6.61 Å². The van der Waals surface area contributed by atoms with E-state index in [1.54, 1.807) is 6.07 Å². The fourth-order valence-corrected chi connectivity index (χ4v) is 2.33. The van der Waals surface area contributed by atoms with Crippen LogP contribution in [0.15, 0.2) is 18.2 Å². The lowest BCUT2D eigenvalue weighted by Crippen LogP contribution is -2.19. The first-order valence-electron chi connectivity index (χ1n) is 5.46. The molecular formula is C12H12F3IO. The highest BCUT2D eigenvalue weighted by molar-refractivity contribution is 14.1. The summed E-state index contributed by atoms with van der Waals surface area (Å²) in [7, 11) is 0. The summed E-state index contributed by atoms with van der Waals surface area (Å²) in [4.78, 5) is 0. The van der Waals surface area contributed by atoms with Gasteiger partial charge in [-0.3, -0.25) is 0 Å². The van der Waals surface area contributed by atoms with Gasteiger partial charge < -0.3 is 4.74 Å². The van der Waals surface area contributed by atoms with Crippen molar-refractivity contribution in [1.29, 1.82) is 0 Å². The minimum absolute atomic E-state index is 0.316. The molecule has 1 aromatic carbocycles. The van der Waals surface area contributed by atoms with Gasteiger partial charge in [0.1, 0.15) is 5.75 Å². The van der Waals surface area contributed by atoms with Gasteiger partial charge in [0.15, 0.2) is 0 Å². The fourth-order valence-electron chi connectivity index (χ4n) is 1.68. The molecule has 5 heteroatoms. The standard InChI is InChI=1S/C12H12F3IO/c13-12(14,15)9-4-10(16)6-11(5-9)17-7-8-2-1-3-8/h4-6,8H,1-3,7H2. The first kappa shape index (κ1) is 13.0. The first-order chi connectivity index (χ1) is 7.95. The van der Waals surface area contributed by atoms with E-state index in [2.05, 4.69) is 0 Å². The third-order valence-corrected chi connectivity index (χ3v) is 3.53. The van der Waals surface area contributed by atoms with E-state index >= 15 is 0 Å². The van der Waals surface area contributed by atoms with Crippen LogP contribution in [0.2, 0.25) is 0 Å². The van der Waals surface area contributed by atoms with Crippen molar-refractivity contribution in [3.63, 3.8) is 0 Å². The Bertz CT molecular complexity index is 399. The lowest BCUT2D eigenvalue weighted by atomic mass is 9.86. The van der Waals surface area contributed by atoms with Crippen molar-refractivity contribution >= 4 is 22.6 Å². The van der Waals surface area contributed by atoms with E-state index in [0.29, 0.717) is 21.8 Å². The molecule has 1 fully saturated rings. The smallest absolute Gasteiger partial charge is 0.416 e. The van der Waals surface area contributed by atoms with Crippen LogP contribution in [0.4, 0.5) is 13.2 Å². The van der Waals surface area contributed by atoms with E-state index in [1.165, 1.54) is 6.42 Å². The largest absolute Gasteiger partial charge is 0.493 e. The van der Waals surface area contributed by atoms with Crippen LogP contribution in [-0.2, 0) is 6.18 Å². The molecule has 0 aliphatic heterocycles. The third-order valence-electron chi connectivity index (χ3n) is 2.91. The van der Waals surface area contributed by atoms with Crippen molar-refractivity contribution in [3.8, 4) is 5.75 Å². The zero-order valence-corrected chi connectivity index (χ0v) is 11.2. The molecular weight excluding hydrogens is 344 g/mol. The highest BCUT2D eigenvalue weighted by atomic mass is 127. The van der Waals surface area contributed by atoms with Crippen molar-refractivity contribution in [3.05, 3.63) is 27.3 Å². The van der Waals surface area contributed by atoms with Crippen LogP contribution in [0.5, 0.6) is 5.75 Å². The molecule has 94 valence electrons. The molecule has 0 heterocycles. The Labute approximate surface area is 111 Å². The second-order valence-corrected chi connectivity index (χ2v) is 5.53. The minimum Gasteiger partial charge on any atom is -0.493 e. The Morgan fingerprint density at radius 1 is 1.24 bits per heavy atom. The van der Waals surface area contributed by atoms with E-state index in [4.69, 9.17) is 4.74 Å². The van der Waals surface area contributed by atoms with Crippen molar-refractivity contribution in [2.45, 2.75) is 25.4 Å². The summed E-state index contributed by atoms with van der Waals surface area (Å²) in [5, 5.41) is 0. The maximum absolute atomic E-state index is 12.6. The van der Waals surface area contributed by atoms with Crippen LogP contribution in [0.3, 0.4) is 0 Å². The van der Waals surface area contributed by atoms with Gasteiger partial charge in [0, 0.05) is 3.57 Å². The molecule has 1 aliphatic rings. The molecule has 1 aromatic rings.